The first kappa shape index (κ1) is 16.5. The molecule has 2 heterocycles. The Labute approximate surface area is 138 Å². The number of benzene rings is 1. The lowest BCUT2D eigenvalue weighted by molar-refractivity contribution is -0.130. The van der Waals surface area contributed by atoms with Crippen LogP contribution in [-0.4, -0.2) is 49.2 Å². The van der Waals surface area contributed by atoms with Gasteiger partial charge in [-0.15, -0.1) is 0 Å². The number of piperidine rings is 1. The van der Waals surface area contributed by atoms with Gasteiger partial charge in [-0.25, -0.2) is 8.42 Å². The average Bonchev–Trinajstić information content (AvgIpc) is 2.96. The maximum Gasteiger partial charge on any atom is 0.222 e. The molecule has 1 aromatic carbocycles. The third-order valence-electron chi connectivity index (χ3n) is 4.77. The van der Waals surface area contributed by atoms with E-state index >= 15 is 0 Å². The van der Waals surface area contributed by atoms with Crippen molar-refractivity contribution in [3.63, 3.8) is 0 Å². The van der Waals surface area contributed by atoms with Crippen molar-refractivity contribution in [2.45, 2.75) is 44.4 Å². The van der Waals surface area contributed by atoms with Crippen LogP contribution in [0.15, 0.2) is 24.3 Å². The van der Waals surface area contributed by atoms with E-state index in [0.717, 1.165) is 36.9 Å². The molecule has 1 amide bonds. The summed E-state index contributed by atoms with van der Waals surface area (Å²) in [5.41, 5.74) is 1.94. The largest absolute Gasteiger partial charge is 0.338 e. The van der Waals surface area contributed by atoms with Gasteiger partial charge in [0.2, 0.25) is 15.9 Å². The molecule has 2 fully saturated rings. The van der Waals surface area contributed by atoms with Gasteiger partial charge >= 0.3 is 0 Å². The van der Waals surface area contributed by atoms with E-state index in [9.17, 15) is 13.2 Å². The van der Waals surface area contributed by atoms with E-state index in [1.54, 1.807) is 4.31 Å². The number of amides is 1. The fraction of sp³-hybridized carbons (Fsp3) is 0.588. The van der Waals surface area contributed by atoms with Crippen molar-refractivity contribution in [3.8, 4) is 0 Å². The lowest BCUT2D eigenvalue weighted by Gasteiger charge is -2.36. The highest BCUT2D eigenvalue weighted by molar-refractivity contribution is 7.88. The van der Waals surface area contributed by atoms with E-state index in [1.807, 2.05) is 36.1 Å². The molecule has 0 aliphatic carbocycles. The minimum atomic E-state index is -3.33. The number of aryl methyl sites for hydroxylation is 1. The van der Waals surface area contributed by atoms with Crippen molar-refractivity contribution in [3.05, 3.63) is 35.4 Å². The second-order valence-corrected chi connectivity index (χ2v) is 8.56. The third kappa shape index (κ3) is 3.75. The zero-order valence-electron chi connectivity index (χ0n) is 13.6. The molecule has 0 unspecified atom stereocenters. The van der Waals surface area contributed by atoms with E-state index in [4.69, 9.17) is 0 Å². The summed E-state index contributed by atoms with van der Waals surface area (Å²) >= 11 is 0. The van der Waals surface area contributed by atoms with Crippen LogP contribution in [0.25, 0.3) is 0 Å². The van der Waals surface area contributed by atoms with Crippen LogP contribution < -0.4 is 0 Å². The first-order chi connectivity index (χ1) is 11.0. The maximum absolute atomic E-state index is 12.7. The van der Waals surface area contributed by atoms with E-state index < -0.39 is 10.0 Å². The molecule has 0 spiro atoms. The minimum Gasteiger partial charge on any atom is -0.338 e. The highest BCUT2D eigenvalue weighted by atomic mass is 32.2. The Morgan fingerprint density at radius 3 is 2.52 bits per heavy atom. The SMILES string of the molecule is Cc1ccc(CS(=O)(=O)N2CCC[C@H](N3CCCC3=O)C2)cc1. The molecular formula is C17H24N2O3S. The van der Waals surface area contributed by atoms with Gasteiger partial charge < -0.3 is 4.90 Å². The van der Waals surface area contributed by atoms with Gasteiger partial charge in [0.05, 0.1) is 5.75 Å². The van der Waals surface area contributed by atoms with Gasteiger partial charge in [0.25, 0.3) is 0 Å². The van der Waals surface area contributed by atoms with Crippen LogP contribution in [0.1, 0.15) is 36.8 Å². The fourth-order valence-electron chi connectivity index (χ4n) is 3.47. The maximum atomic E-state index is 12.7. The molecule has 1 atom stereocenters. The predicted octanol–water partition coefficient (Wildman–Crippen LogP) is 1.91. The van der Waals surface area contributed by atoms with E-state index in [0.29, 0.717) is 19.5 Å². The zero-order chi connectivity index (χ0) is 16.4. The van der Waals surface area contributed by atoms with Crippen LogP contribution in [0.2, 0.25) is 0 Å². The second kappa shape index (κ2) is 6.61. The smallest absolute Gasteiger partial charge is 0.222 e. The molecule has 0 bridgehead atoms. The predicted molar refractivity (Wildman–Crippen MR) is 89.3 cm³/mol. The van der Waals surface area contributed by atoms with Crippen molar-refractivity contribution >= 4 is 15.9 Å². The molecule has 1 aromatic rings. The Morgan fingerprint density at radius 1 is 1.13 bits per heavy atom. The van der Waals surface area contributed by atoms with Gasteiger partial charge in [0, 0.05) is 32.1 Å². The van der Waals surface area contributed by atoms with Crippen molar-refractivity contribution in [2.75, 3.05) is 19.6 Å². The minimum absolute atomic E-state index is 0.0357. The van der Waals surface area contributed by atoms with Crippen molar-refractivity contribution in [1.29, 1.82) is 0 Å². The van der Waals surface area contributed by atoms with Gasteiger partial charge in [-0.1, -0.05) is 29.8 Å². The number of carbonyl (C=O) groups excluding carboxylic acids is 1. The van der Waals surface area contributed by atoms with Crippen molar-refractivity contribution in [2.24, 2.45) is 0 Å². The topological polar surface area (TPSA) is 57.7 Å². The molecule has 6 heteroatoms. The summed E-state index contributed by atoms with van der Waals surface area (Å²) in [4.78, 5) is 13.8. The first-order valence-corrected chi connectivity index (χ1v) is 9.89. The van der Waals surface area contributed by atoms with Crippen molar-refractivity contribution in [1.82, 2.24) is 9.21 Å². The third-order valence-corrected chi connectivity index (χ3v) is 6.59. The van der Waals surface area contributed by atoms with E-state index in [2.05, 4.69) is 0 Å². The van der Waals surface area contributed by atoms with Gasteiger partial charge in [-0.2, -0.15) is 4.31 Å². The van der Waals surface area contributed by atoms with Crippen LogP contribution >= 0.6 is 0 Å². The number of hydrogen-bond donors (Lipinski definition) is 0. The summed E-state index contributed by atoms with van der Waals surface area (Å²) in [6.45, 7) is 3.77. The van der Waals surface area contributed by atoms with E-state index in [-0.39, 0.29) is 17.7 Å². The van der Waals surface area contributed by atoms with Crippen molar-refractivity contribution < 1.29 is 13.2 Å². The van der Waals surface area contributed by atoms with Gasteiger partial charge in [-0.05, 0) is 31.7 Å². The van der Waals surface area contributed by atoms with Gasteiger partial charge in [0.1, 0.15) is 0 Å². The van der Waals surface area contributed by atoms with Crippen LogP contribution in [0.4, 0.5) is 0 Å². The van der Waals surface area contributed by atoms with Crippen LogP contribution in [0.5, 0.6) is 0 Å². The standard InChI is InChI=1S/C17H24N2O3S/c1-14-6-8-15(9-7-14)13-23(21,22)18-10-2-4-16(12-18)19-11-3-5-17(19)20/h6-9,16H,2-5,10-13H2,1H3/t16-/m0/s1. The van der Waals surface area contributed by atoms with Gasteiger partial charge in [-0.3, -0.25) is 4.79 Å². The quantitative estimate of drug-likeness (QED) is 0.844. The molecule has 2 aliphatic heterocycles. The first-order valence-electron chi connectivity index (χ1n) is 8.28. The summed E-state index contributed by atoms with van der Waals surface area (Å²) in [5, 5.41) is 0. The molecule has 0 aromatic heterocycles. The molecule has 0 radical (unpaired) electrons. The number of carbonyl (C=O) groups is 1. The Kier molecular flexibility index (Phi) is 4.73. The molecule has 5 nitrogen and oxygen atoms in total. The number of likely N-dealkylation sites (tertiary alicyclic amines) is 1. The van der Waals surface area contributed by atoms with E-state index in [1.165, 1.54) is 0 Å². The Balaban J connectivity index is 1.69. The normalized spacial score (nSPS) is 23.4. The summed E-state index contributed by atoms with van der Waals surface area (Å²) in [5.74, 6) is 0.210. The molecule has 0 saturated carbocycles. The van der Waals surface area contributed by atoms with Crippen LogP contribution in [0.3, 0.4) is 0 Å². The highest BCUT2D eigenvalue weighted by Gasteiger charge is 2.35. The molecule has 2 saturated heterocycles. The number of sulfonamides is 1. The van der Waals surface area contributed by atoms with Crippen LogP contribution in [-0.2, 0) is 20.6 Å². The molecule has 0 N–H and O–H groups in total. The number of nitrogens with zero attached hydrogens (tertiary/aromatic N) is 2. The second-order valence-electron chi connectivity index (χ2n) is 6.59. The highest BCUT2D eigenvalue weighted by Crippen LogP contribution is 2.24. The number of rotatable bonds is 4. The Bertz CT molecular complexity index is 670. The van der Waals surface area contributed by atoms with Gasteiger partial charge in [0.15, 0.2) is 0 Å². The van der Waals surface area contributed by atoms with Crippen LogP contribution in [0, 0.1) is 6.92 Å². The monoisotopic (exact) mass is 336 g/mol. The molecule has 2 aliphatic rings. The molecule has 23 heavy (non-hydrogen) atoms. The molecular weight excluding hydrogens is 312 g/mol. The lowest BCUT2D eigenvalue weighted by Crippen LogP contribution is -2.50. The summed E-state index contributed by atoms with van der Waals surface area (Å²) in [6, 6.07) is 7.67. The zero-order valence-corrected chi connectivity index (χ0v) is 14.4. The summed E-state index contributed by atoms with van der Waals surface area (Å²) < 4.78 is 27.0. The molecule has 126 valence electrons. The fourth-order valence-corrected chi connectivity index (χ4v) is 5.07. The Hall–Kier alpha value is -1.40. The lowest BCUT2D eigenvalue weighted by atomic mass is 10.1. The summed E-state index contributed by atoms with van der Waals surface area (Å²) in [6.07, 6.45) is 3.22. The molecule has 3 rings (SSSR count). The average molecular weight is 336 g/mol. The number of hydrogen-bond acceptors (Lipinski definition) is 3. The Morgan fingerprint density at radius 2 is 1.87 bits per heavy atom. The summed E-state index contributed by atoms with van der Waals surface area (Å²) in [7, 11) is -3.33.